The van der Waals surface area contributed by atoms with Crippen LogP contribution in [0.3, 0.4) is 0 Å². The first kappa shape index (κ1) is 15.5. The largest absolute Gasteiger partial charge is 0.383 e. The molecule has 1 aliphatic rings. The Morgan fingerprint density at radius 1 is 1.30 bits per heavy atom. The Kier molecular flexibility index (Phi) is 6.02. The van der Waals surface area contributed by atoms with Crippen molar-refractivity contribution in [1.82, 2.24) is 10.2 Å². The minimum atomic E-state index is 0.472. The molecule has 20 heavy (non-hydrogen) atoms. The summed E-state index contributed by atoms with van der Waals surface area (Å²) >= 11 is 0. The highest BCUT2D eigenvalue weighted by atomic mass is 16.5. The fraction of sp³-hybridized carbons (Fsp3) is 0.647. The summed E-state index contributed by atoms with van der Waals surface area (Å²) in [4.78, 5) is 2.63. The van der Waals surface area contributed by atoms with Crippen LogP contribution >= 0.6 is 0 Å². The van der Waals surface area contributed by atoms with Gasteiger partial charge < -0.3 is 10.1 Å². The van der Waals surface area contributed by atoms with E-state index in [2.05, 4.69) is 48.3 Å². The maximum atomic E-state index is 5.33. The summed E-state index contributed by atoms with van der Waals surface area (Å²) in [6, 6.07) is 9.94. The van der Waals surface area contributed by atoms with Crippen LogP contribution in [0.2, 0.25) is 0 Å². The lowest BCUT2D eigenvalue weighted by molar-refractivity contribution is 0.0752. The summed E-state index contributed by atoms with van der Waals surface area (Å²) < 4.78 is 5.33. The van der Waals surface area contributed by atoms with E-state index in [9.17, 15) is 0 Å². The molecule has 1 N–H and O–H groups in total. The Hall–Kier alpha value is -0.900. The molecule has 0 saturated heterocycles. The monoisotopic (exact) mass is 276 g/mol. The van der Waals surface area contributed by atoms with Gasteiger partial charge in [0.1, 0.15) is 0 Å². The van der Waals surface area contributed by atoms with Crippen molar-refractivity contribution in [3.63, 3.8) is 0 Å². The molecule has 1 heterocycles. The fourth-order valence-electron chi connectivity index (χ4n) is 3.32. The Morgan fingerprint density at radius 2 is 2.05 bits per heavy atom. The molecule has 0 radical (unpaired) electrons. The highest BCUT2D eigenvalue weighted by Crippen LogP contribution is 2.30. The molecular formula is C17H28N2O. The van der Waals surface area contributed by atoms with Crippen LogP contribution in [-0.2, 0) is 11.3 Å². The summed E-state index contributed by atoms with van der Waals surface area (Å²) in [6.07, 6.45) is 2.39. The second kappa shape index (κ2) is 7.77. The second-order valence-electron chi connectivity index (χ2n) is 5.55. The van der Waals surface area contributed by atoms with Gasteiger partial charge in [-0.05, 0) is 24.0 Å². The third kappa shape index (κ3) is 3.40. The average Bonchev–Trinajstić information content (AvgIpc) is 2.51. The first-order valence-electron chi connectivity index (χ1n) is 7.85. The minimum Gasteiger partial charge on any atom is -0.383 e. The molecule has 0 bridgehead atoms. The van der Waals surface area contributed by atoms with Crippen molar-refractivity contribution in [3.05, 3.63) is 35.4 Å². The van der Waals surface area contributed by atoms with E-state index in [1.165, 1.54) is 24.0 Å². The molecule has 112 valence electrons. The van der Waals surface area contributed by atoms with E-state index in [4.69, 9.17) is 4.74 Å². The predicted octanol–water partition coefficient (Wildman–Crippen LogP) is 2.97. The van der Waals surface area contributed by atoms with Crippen molar-refractivity contribution >= 4 is 0 Å². The van der Waals surface area contributed by atoms with Crippen molar-refractivity contribution in [3.8, 4) is 0 Å². The number of rotatable bonds is 7. The van der Waals surface area contributed by atoms with Crippen molar-refractivity contribution in [2.45, 2.75) is 45.3 Å². The van der Waals surface area contributed by atoms with E-state index < -0.39 is 0 Å². The number of benzene rings is 1. The SMILES string of the molecule is CCC(CC)N(CCOC)C1CNCc2ccccc21. The Labute approximate surface area is 123 Å². The van der Waals surface area contributed by atoms with Crippen molar-refractivity contribution < 1.29 is 4.74 Å². The summed E-state index contributed by atoms with van der Waals surface area (Å²) in [6.45, 7) is 8.41. The number of hydrogen-bond donors (Lipinski definition) is 1. The van der Waals surface area contributed by atoms with Gasteiger partial charge >= 0.3 is 0 Å². The summed E-state index contributed by atoms with van der Waals surface area (Å²) in [5.41, 5.74) is 2.94. The molecule has 0 fully saturated rings. The summed E-state index contributed by atoms with van der Waals surface area (Å²) in [5.74, 6) is 0. The van der Waals surface area contributed by atoms with E-state index in [1.807, 2.05) is 0 Å². The molecule has 0 amide bonds. The number of fused-ring (bicyclic) bond motifs is 1. The lowest BCUT2D eigenvalue weighted by Crippen LogP contribution is -2.46. The first-order valence-corrected chi connectivity index (χ1v) is 7.85. The Balaban J connectivity index is 2.24. The van der Waals surface area contributed by atoms with Crippen LogP contribution < -0.4 is 5.32 Å². The van der Waals surface area contributed by atoms with Gasteiger partial charge in [0.15, 0.2) is 0 Å². The summed E-state index contributed by atoms with van der Waals surface area (Å²) in [7, 11) is 1.79. The molecule has 2 rings (SSSR count). The molecule has 0 saturated carbocycles. The molecule has 3 nitrogen and oxygen atoms in total. The van der Waals surface area contributed by atoms with Gasteiger partial charge in [0.2, 0.25) is 0 Å². The smallest absolute Gasteiger partial charge is 0.0590 e. The maximum absolute atomic E-state index is 5.33. The van der Waals surface area contributed by atoms with Crippen LogP contribution in [-0.4, -0.2) is 37.7 Å². The van der Waals surface area contributed by atoms with Gasteiger partial charge in [-0.3, -0.25) is 4.90 Å². The number of ether oxygens (including phenoxy) is 1. The fourth-order valence-corrected chi connectivity index (χ4v) is 3.32. The number of methoxy groups -OCH3 is 1. The van der Waals surface area contributed by atoms with Gasteiger partial charge in [0.25, 0.3) is 0 Å². The van der Waals surface area contributed by atoms with E-state index in [-0.39, 0.29) is 0 Å². The van der Waals surface area contributed by atoms with Crippen LogP contribution in [0.15, 0.2) is 24.3 Å². The molecule has 1 aromatic carbocycles. The van der Waals surface area contributed by atoms with Gasteiger partial charge in [-0.15, -0.1) is 0 Å². The minimum absolute atomic E-state index is 0.472. The highest BCUT2D eigenvalue weighted by Gasteiger charge is 2.28. The van der Waals surface area contributed by atoms with E-state index >= 15 is 0 Å². The zero-order chi connectivity index (χ0) is 14.4. The number of nitrogens with zero attached hydrogens (tertiary/aromatic N) is 1. The quantitative estimate of drug-likeness (QED) is 0.828. The predicted molar refractivity (Wildman–Crippen MR) is 83.8 cm³/mol. The topological polar surface area (TPSA) is 24.5 Å². The highest BCUT2D eigenvalue weighted by molar-refractivity contribution is 5.32. The third-order valence-electron chi connectivity index (χ3n) is 4.43. The standard InChI is InChI=1S/C17H28N2O/c1-4-15(5-2)19(10-11-20-3)17-13-18-12-14-8-6-7-9-16(14)17/h6-9,15,17-18H,4-5,10-13H2,1-3H3. The van der Waals surface area contributed by atoms with Crippen LogP contribution in [0.5, 0.6) is 0 Å². The van der Waals surface area contributed by atoms with E-state index in [1.54, 1.807) is 7.11 Å². The van der Waals surface area contributed by atoms with Gasteiger partial charge in [-0.25, -0.2) is 0 Å². The molecule has 0 spiro atoms. The van der Waals surface area contributed by atoms with Gasteiger partial charge in [-0.2, -0.15) is 0 Å². The van der Waals surface area contributed by atoms with E-state index in [0.717, 1.165) is 26.2 Å². The molecule has 1 atom stereocenters. The number of hydrogen-bond acceptors (Lipinski definition) is 3. The van der Waals surface area contributed by atoms with Crippen molar-refractivity contribution in [2.75, 3.05) is 26.8 Å². The van der Waals surface area contributed by atoms with Crippen LogP contribution in [0, 0.1) is 0 Å². The average molecular weight is 276 g/mol. The van der Waals surface area contributed by atoms with Crippen molar-refractivity contribution in [2.24, 2.45) is 0 Å². The Morgan fingerprint density at radius 3 is 2.75 bits per heavy atom. The molecule has 1 aromatic rings. The number of nitrogens with one attached hydrogen (secondary N) is 1. The third-order valence-corrected chi connectivity index (χ3v) is 4.43. The lowest BCUT2D eigenvalue weighted by atomic mass is 9.93. The molecule has 0 aromatic heterocycles. The first-order chi connectivity index (χ1) is 9.81. The zero-order valence-electron chi connectivity index (χ0n) is 13.1. The summed E-state index contributed by atoms with van der Waals surface area (Å²) in [5, 5.41) is 3.57. The molecule has 3 heteroatoms. The van der Waals surface area contributed by atoms with Gasteiger partial charge in [0.05, 0.1) is 6.61 Å². The maximum Gasteiger partial charge on any atom is 0.0590 e. The molecule has 0 aliphatic carbocycles. The normalized spacial score (nSPS) is 18.6. The Bertz CT molecular complexity index is 404. The molecular weight excluding hydrogens is 248 g/mol. The zero-order valence-corrected chi connectivity index (χ0v) is 13.1. The molecule has 1 unspecified atom stereocenters. The van der Waals surface area contributed by atoms with Crippen molar-refractivity contribution in [1.29, 1.82) is 0 Å². The van der Waals surface area contributed by atoms with Crippen LogP contribution in [0.1, 0.15) is 43.9 Å². The van der Waals surface area contributed by atoms with Gasteiger partial charge in [0, 0.05) is 38.8 Å². The lowest BCUT2D eigenvalue weighted by Gasteiger charge is -2.40. The van der Waals surface area contributed by atoms with Gasteiger partial charge in [-0.1, -0.05) is 38.1 Å². The van der Waals surface area contributed by atoms with Crippen LogP contribution in [0.4, 0.5) is 0 Å². The van der Waals surface area contributed by atoms with E-state index in [0.29, 0.717) is 12.1 Å². The molecule has 1 aliphatic heterocycles. The van der Waals surface area contributed by atoms with Crippen LogP contribution in [0.25, 0.3) is 0 Å². The second-order valence-corrected chi connectivity index (χ2v) is 5.55.